The molecule has 0 radical (unpaired) electrons. The van der Waals surface area contributed by atoms with Crippen LogP contribution in [0.3, 0.4) is 0 Å². The van der Waals surface area contributed by atoms with E-state index in [9.17, 15) is 9.59 Å². The van der Waals surface area contributed by atoms with Crippen LogP contribution in [0.1, 0.15) is 17.5 Å². The molecule has 0 aliphatic rings. The summed E-state index contributed by atoms with van der Waals surface area (Å²) in [6.45, 7) is 1.93. The fourth-order valence-electron chi connectivity index (χ4n) is 2.56. The molecule has 1 N–H and O–H groups in total. The Morgan fingerprint density at radius 2 is 1.95 bits per heavy atom. The Kier molecular flexibility index (Phi) is 3.47. The maximum Gasteiger partial charge on any atom is 0.303 e. The first-order valence-corrected chi connectivity index (χ1v) is 7.55. The Hall–Kier alpha value is -2.20. The minimum Gasteiger partial charge on any atom is -0.481 e. The normalized spacial score (nSPS) is 11.1. The smallest absolute Gasteiger partial charge is 0.303 e. The van der Waals surface area contributed by atoms with Crippen LogP contribution in [0.15, 0.2) is 41.2 Å². The Morgan fingerprint density at radius 3 is 2.71 bits per heavy atom. The van der Waals surface area contributed by atoms with E-state index in [1.807, 2.05) is 43.3 Å². The number of aryl methyl sites for hydroxylation is 2. The van der Waals surface area contributed by atoms with E-state index in [-0.39, 0.29) is 11.8 Å². The van der Waals surface area contributed by atoms with E-state index in [4.69, 9.17) is 5.11 Å². The van der Waals surface area contributed by atoms with Crippen molar-refractivity contribution in [2.24, 2.45) is 0 Å². The minimum absolute atomic E-state index is 0.0274. The van der Waals surface area contributed by atoms with Crippen molar-refractivity contribution in [3.8, 4) is 0 Å². The van der Waals surface area contributed by atoms with E-state index >= 15 is 0 Å². The lowest BCUT2D eigenvalue weighted by Gasteiger charge is -2.08. The van der Waals surface area contributed by atoms with Crippen molar-refractivity contribution in [3.63, 3.8) is 0 Å². The van der Waals surface area contributed by atoms with Gasteiger partial charge < -0.3 is 5.11 Å². The Morgan fingerprint density at radius 1 is 1.19 bits per heavy atom. The van der Waals surface area contributed by atoms with Crippen molar-refractivity contribution in [2.45, 2.75) is 19.8 Å². The first-order chi connectivity index (χ1) is 10.1. The molecule has 0 fully saturated rings. The van der Waals surface area contributed by atoms with Crippen LogP contribution in [-0.2, 0) is 11.2 Å². The van der Waals surface area contributed by atoms with Gasteiger partial charge in [0.05, 0.1) is 0 Å². The van der Waals surface area contributed by atoms with Crippen molar-refractivity contribution in [2.75, 3.05) is 0 Å². The number of carbonyl (C=O) groups is 1. The monoisotopic (exact) mass is 298 g/mol. The molecule has 1 aromatic heterocycles. The topological polar surface area (TPSA) is 54.4 Å². The lowest BCUT2D eigenvalue weighted by Crippen LogP contribution is -2.04. The third-order valence-electron chi connectivity index (χ3n) is 3.51. The van der Waals surface area contributed by atoms with E-state index in [2.05, 4.69) is 0 Å². The van der Waals surface area contributed by atoms with Crippen LogP contribution in [0.2, 0.25) is 0 Å². The lowest BCUT2D eigenvalue weighted by molar-refractivity contribution is -0.136. The molecule has 3 nitrogen and oxygen atoms in total. The summed E-state index contributed by atoms with van der Waals surface area (Å²) in [7, 11) is 0. The molecule has 21 heavy (non-hydrogen) atoms. The molecule has 0 saturated heterocycles. The van der Waals surface area contributed by atoms with Crippen LogP contribution in [0.4, 0.5) is 0 Å². The highest BCUT2D eigenvalue weighted by molar-refractivity contribution is 7.24. The van der Waals surface area contributed by atoms with E-state index in [1.165, 1.54) is 0 Å². The van der Waals surface area contributed by atoms with Crippen molar-refractivity contribution < 1.29 is 9.90 Å². The van der Waals surface area contributed by atoms with E-state index in [1.54, 1.807) is 11.3 Å². The van der Waals surface area contributed by atoms with Gasteiger partial charge in [-0.1, -0.05) is 23.8 Å². The molecule has 0 amide bonds. The standard InChI is InChI=1S/C17H14O3S/c1-10-8-11(6-7-15(18)19)17-13(9-10)16(20)12-4-2-3-5-14(12)21-17/h2-5,8-9H,6-7H2,1H3,(H,18,19). The van der Waals surface area contributed by atoms with Gasteiger partial charge in [0.2, 0.25) is 0 Å². The fraction of sp³-hybridized carbons (Fsp3) is 0.176. The molecule has 0 aliphatic carbocycles. The number of hydrogen-bond donors (Lipinski definition) is 1. The van der Waals surface area contributed by atoms with E-state index in [0.717, 1.165) is 25.9 Å². The predicted molar refractivity (Wildman–Crippen MR) is 86.3 cm³/mol. The zero-order valence-corrected chi connectivity index (χ0v) is 12.4. The van der Waals surface area contributed by atoms with Crippen molar-refractivity contribution in [3.05, 3.63) is 57.7 Å². The van der Waals surface area contributed by atoms with Crippen LogP contribution in [0.5, 0.6) is 0 Å². The largest absolute Gasteiger partial charge is 0.481 e. The second-order valence-corrected chi connectivity index (χ2v) is 6.17. The SMILES string of the molecule is Cc1cc(CCC(=O)O)c2sc3ccccc3c(=O)c2c1. The molecule has 0 bridgehead atoms. The van der Waals surface area contributed by atoms with Gasteiger partial charge in [-0.15, -0.1) is 11.3 Å². The lowest BCUT2D eigenvalue weighted by atomic mass is 10.0. The molecular weight excluding hydrogens is 284 g/mol. The van der Waals surface area contributed by atoms with Gasteiger partial charge in [0.15, 0.2) is 5.43 Å². The number of carboxylic acids is 1. The van der Waals surface area contributed by atoms with Gasteiger partial charge in [-0.25, -0.2) is 0 Å². The van der Waals surface area contributed by atoms with Crippen LogP contribution >= 0.6 is 11.3 Å². The summed E-state index contributed by atoms with van der Waals surface area (Å²) in [5.74, 6) is -0.821. The summed E-state index contributed by atoms with van der Waals surface area (Å²) >= 11 is 1.56. The molecule has 0 unspecified atom stereocenters. The molecular formula is C17H14O3S. The summed E-state index contributed by atoms with van der Waals surface area (Å²) in [4.78, 5) is 23.4. The summed E-state index contributed by atoms with van der Waals surface area (Å²) < 4.78 is 1.85. The van der Waals surface area contributed by atoms with Crippen LogP contribution in [0.25, 0.3) is 20.2 Å². The third kappa shape index (κ3) is 2.54. The van der Waals surface area contributed by atoms with E-state index < -0.39 is 5.97 Å². The average molecular weight is 298 g/mol. The fourth-order valence-corrected chi connectivity index (χ4v) is 3.75. The van der Waals surface area contributed by atoms with Gasteiger partial charge in [0, 0.05) is 26.6 Å². The number of hydrogen-bond acceptors (Lipinski definition) is 3. The molecule has 3 aromatic rings. The van der Waals surface area contributed by atoms with Crippen molar-refractivity contribution in [1.82, 2.24) is 0 Å². The molecule has 0 saturated carbocycles. The number of fused-ring (bicyclic) bond motifs is 2. The maximum atomic E-state index is 12.6. The van der Waals surface area contributed by atoms with Gasteiger partial charge in [0.1, 0.15) is 0 Å². The highest BCUT2D eigenvalue weighted by atomic mass is 32.1. The summed E-state index contributed by atoms with van der Waals surface area (Å²) in [5.41, 5.74) is 1.96. The predicted octanol–water partition coefficient (Wildman–Crippen LogP) is 3.74. The average Bonchev–Trinajstić information content (AvgIpc) is 2.46. The van der Waals surface area contributed by atoms with E-state index in [0.29, 0.717) is 11.8 Å². The second-order valence-electron chi connectivity index (χ2n) is 5.12. The number of carboxylic acid groups (broad SMARTS) is 1. The van der Waals surface area contributed by atoms with Gasteiger partial charge in [0.25, 0.3) is 0 Å². The number of benzene rings is 2. The Balaban J connectivity index is 2.33. The van der Waals surface area contributed by atoms with Crippen molar-refractivity contribution in [1.29, 1.82) is 0 Å². The second kappa shape index (κ2) is 5.30. The van der Waals surface area contributed by atoms with Crippen LogP contribution < -0.4 is 5.43 Å². The minimum atomic E-state index is -0.821. The highest BCUT2D eigenvalue weighted by Gasteiger charge is 2.11. The van der Waals surface area contributed by atoms with Crippen LogP contribution in [-0.4, -0.2) is 11.1 Å². The molecule has 3 rings (SSSR count). The maximum absolute atomic E-state index is 12.6. The highest BCUT2D eigenvalue weighted by Crippen LogP contribution is 2.29. The van der Waals surface area contributed by atoms with Crippen LogP contribution in [0, 0.1) is 6.92 Å². The Bertz CT molecular complexity index is 909. The molecule has 0 spiro atoms. The Labute approximate surface area is 125 Å². The molecule has 106 valence electrons. The van der Waals surface area contributed by atoms with Gasteiger partial charge in [-0.05, 0) is 37.1 Å². The zero-order chi connectivity index (χ0) is 15.0. The quantitative estimate of drug-likeness (QED) is 0.749. The molecule has 0 atom stereocenters. The summed E-state index contributed by atoms with van der Waals surface area (Å²) in [6.07, 6.45) is 0.522. The van der Waals surface area contributed by atoms with Gasteiger partial charge >= 0.3 is 5.97 Å². The number of rotatable bonds is 3. The van der Waals surface area contributed by atoms with Gasteiger partial charge in [-0.3, -0.25) is 9.59 Å². The molecule has 4 heteroatoms. The molecule has 2 aromatic carbocycles. The summed E-state index contributed by atoms with van der Waals surface area (Å²) in [5, 5.41) is 10.3. The zero-order valence-electron chi connectivity index (χ0n) is 11.6. The first kappa shape index (κ1) is 13.8. The first-order valence-electron chi connectivity index (χ1n) is 6.73. The van der Waals surface area contributed by atoms with Crippen molar-refractivity contribution >= 4 is 37.5 Å². The number of aliphatic carboxylic acids is 1. The third-order valence-corrected chi connectivity index (χ3v) is 4.77. The molecule has 0 aliphatic heterocycles. The molecule has 1 heterocycles. The van der Waals surface area contributed by atoms with Gasteiger partial charge in [-0.2, -0.15) is 0 Å². The summed E-state index contributed by atoms with van der Waals surface area (Å²) in [6, 6.07) is 11.4.